The van der Waals surface area contributed by atoms with Gasteiger partial charge in [0.1, 0.15) is 0 Å². The van der Waals surface area contributed by atoms with Gasteiger partial charge < -0.3 is 10.2 Å². The number of hydrogen-bond acceptors (Lipinski definition) is 2. The molecular weight excluding hydrogens is 196 g/mol. The molecule has 2 nitrogen and oxygen atoms in total. The van der Waals surface area contributed by atoms with Crippen molar-refractivity contribution < 1.29 is 0 Å². The average molecular weight is 218 g/mol. The fourth-order valence-electron chi connectivity index (χ4n) is 2.59. The largest absolute Gasteiger partial charge is 0.371 e. The summed E-state index contributed by atoms with van der Waals surface area (Å²) >= 11 is 0. The highest BCUT2D eigenvalue weighted by molar-refractivity contribution is 5.63. The van der Waals surface area contributed by atoms with Crippen LogP contribution in [0.25, 0.3) is 0 Å². The van der Waals surface area contributed by atoms with Gasteiger partial charge in [-0.25, -0.2) is 0 Å². The third-order valence-electron chi connectivity index (χ3n) is 3.43. The van der Waals surface area contributed by atoms with Gasteiger partial charge in [-0.2, -0.15) is 0 Å². The van der Waals surface area contributed by atoms with Crippen molar-refractivity contribution in [2.45, 2.75) is 26.2 Å². The first kappa shape index (κ1) is 11.5. The lowest BCUT2D eigenvalue weighted by Gasteiger charge is -2.20. The highest BCUT2D eigenvalue weighted by Gasteiger charge is 2.19. The zero-order valence-corrected chi connectivity index (χ0v) is 10.4. The molecule has 88 valence electrons. The lowest BCUT2D eigenvalue weighted by molar-refractivity contribution is 0.723. The van der Waals surface area contributed by atoms with E-state index in [1.807, 2.05) is 7.05 Å². The minimum atomic E-state index is 1.11. The Morgan fingerprint density at radius 3 is 3.00 bits per heavy atom. The molecule has 0 spiro atoms. The Bertz CT molecular complexity index is 347. The van der Waals surface area contributed by atoms with E-state index in [1.54, 1.807) is 5.56 Å². The number of nitrogens with zero attached hydrogens (tertiary/aromatic N) is 1. The summed E-state index contributed by atoms with van der Waals surface area (Å²) in [5.74, 6) is 0. The Balaban J connectivity index is 2.15. The van der Waals surface area contributed by atoms with Crippen LogP contribution in [-0.2, 0) is 12.8 Å². The van der Waals surface area contributed by atoms with E-state index >= 15 is 0 Å². The summed E-state index contributed by atoms with van der Waals surface area (Å²) in [5.41, 5.74) is 4.61. The number of likely N-dealkylation sites (N-methyl/N-ethyl adjacent to an activating group) is 1. The molecule has 0 saturated heterocycles. The Morgan fingerprint density at radius 1 is 1.38 bits per heavy atom. The van der Waals surface area contributed by atoms with Crippen molar-refractivity contribution in [2.24, 2.45) is 0 Å². The van der Waals surface area contributed by atoms with Crippen LogP contribution in [0.3, 0.4) is 0 Å². The van der Waals surface area contributed by atoms with Crippen molar-refractivity contribution in [1.82, 2.24) is 5.32 Å². The fourth-order valence-corrected chi connectivity index (χ4v) is 2.59. The predicted molar refractivity (Wildman–Crippen MR) is 70.3 cm³/mol. The van der Waals surface area contributed by atoms with Crippen molar-refractivity contribution >= 4 is 5.69 Å². The highest BCUT2D eigenvalue weighted by Crippen LogP contribution is 2.32. The van der Waals surface area contributed by atoms with Crippen LogP contribution >= 0.6 is 0 Å². The molecule has 0 bridgehead atoms. The molecule has 0 atom stereocenters. The van der Waals surface area contributed by atoms with Crippen LogP contribution in [0.1, 0.15) is 24.5 Å². The first-order valence-corrected chi connectivity index (χ1v) is 6.37. The van der Waals surface area contributed by atoms with E-state index in [1.165, 1.54) is 37.1 Å². The Morgan fingerprint density at radius 2 is 2.25 bits per heavy atom. The number of nitrogens with one attached hydrogen (secondary N) is 1. The third kappa shape index (κ3) is 2.22. The molecule has 0 saturated carbocycles. The van der Waals surface area contributed by atoms with Crippen LogP contribution in [-0.4, -0.2) is 26.7 Å². The zero-order chi connectivity index (χ0) is 11.4. The summed E-state index contributed by atoms with van der Waals surface area (Å²) in [6.07, 6.45) is 3.65. The van der Waals surface area contributed by atoms with Gasteiger partial charge in [0.05, 0.1) is 0 Å². The normalized spacial score (nSPS) is 14.2. The molecule has 1 aromatic carbocycles. The highest BCUT2D eigenvalue weighted by atomic mass is 15.1. The molecule has 1 N–H and O–H groups in total. The number of aryl methyl sites for hydroxylation is 1. The molecule has 1 aliphatic rings. The number of para-hydroxylation sites is 1. The second kappa shape index (κ2) is 5.35. The maximum Gasteiger partial charge on any atom is 0.0431 e. The number of benzene rings is 1. The fraction of sp³-hybridized carbons (Fsp3) is 0.571. The molecule has 2 heteroatoms. The topological polar surface area (TPSA) is 15.3 Å². The van der Waals surface area contributed by atoms with E-state index < -0.39 is 0 Å². The van der Waals surface area contributed by atoms with Crippen LogP contribution in [0.5, 0.6) is 0 Å². The van der Waals surface area contributed by atoms with Crippen LogP contribution in [0.2, 0.25) is 0 Å². The maximum absolute atomic E-state index is 3.22. The number of anilines is 1. The quantitative estimate of drug-likeness (QED) is 0.762. The number of fused-ring (bicyclic) bond motifs is 1. The second-order valence-corrected chi connectivity index (χ2v) is 4.46. The van der Waals surface area contributed by atoms with Crippen molar-refractivity contribution in [3.8, 4) is 0 Å². The van der Waals surface area contributed by atoms with Gasteiger partial charge in [0.15, 0.2) is 0 Å². The number of hydrogen-bond donors (Lipinski definition) is 1. The van der Waals surface area contributed by atoms with Crippen LogP contribution in [0.15, 0.2) is 18.2 Å². The lowest BCUT2D eigenvalue weighted by Crippen LogP contribution is -2.20. The third-order valence-corrected chi connectivity index (χ3v) is 3.43. The standard InChI is InChI=1S/C14H22N2/c1-3-16-11-9-13-7-4-6-12(14(13)16)8-5-10-15-2/h4,6-7,15H,3,5,8-11H2,1-2H3. The van der Waals surface area contributed by atoms with Gasteiger partial charge in [-0.05, 0) is 50.9 Å². The molecule has 1 aliphatic heterocycles. The van der Waals surface area contributed by atoms with Gasteiger partial charge in [0, 0.05) is 18.8 Å². The lowest BCUT2D eigenvalue weighted by atomic mass is 10.0. The molecule has 0 amide bonds. The first-order chi connectivity index (χ1) is 7.86. The maximum atomic E-state index is 3.22. The molecule has 0 aliphatic carbocycles. The summed E-state index contributed by atoms with van der Waals surface area (Å²) in [5, 5.41) is 3.22. The van der Waals surface area contributed by atoms with E-state index in [-0.39, 0.29) is 0 Å². The minimum Gasteiger partial charge on any atom is -0.371 e. The van der Waals surface area contributed by atoms with Crippen molar-refractivity contribution in [1.29, 1.82) is 0 Å². The SMILES string of the molecule is CCN1CCc2cccc(CCCNC)c21. The molecule has 0 unspecified atom stereocenters. The van der Waals surface area contributed by atoms with E-state index in [2.05, 4.69) is 35.3 Å². The smallest absolute Gasteiger partial charge is 0.0431 e. The van der Waals surface area contributed by atoms with Gasteiger partial charge in [-0.1, -0.05) is 18.2 Å². The van der Waals surface area contributed by atoms with Crippen LogP contribution in [0, 0.1) is 0 Å². The van der Waals surface area contributed by atoms with E-state index in [0.717, 1.165) is 13.1 Å². The minimum absolute atomic E-state index is 1.11. The second-order valence-electron chi connectivity index (χ2n) is 4.46. The summed E-state index contributed by atoms with van der Waals surface area (Å²) < 4.78 is 0. The molecule has 0 radical (unpaired) electrons. The molecule has 1 heterocycles. The summed E-state index contributed by atoms with van der Waals surface area (Å²) in [7, 11) is 2.02. The van der Waals surface area contributed by atoms with Crippen LogP contribution in [0.4, 0.5) is 5.69 Å². The summed E-state index contributed by atoms with van der Waals surface area (Å²) in [6.45, 7) is 5.69. The average Bonchev–Trinajstić information content (AvgIpc) is 2.73. The van der Waals surface area contributed by atoms with Crippen molar-refractivity contribution in [3.05, 3.63) is 29.3 Å². The summed E-state index contributed by atoms with van der Waals surface area (Å²) in [4.78, 5) is 2.52. The van der Waals surface area contributed by atoms with Gasteiger partial charge in [-0.3, -0.25) is 0 Å². The molecule has 1 aromatic rings. The number of rotatable bonds is 5. The molecule has 0 fully saturated rings. The summed E-state index contributed by atoms with van der Waals surface area (Å²) in [6, 6.07) is 6.79. The first-order valence-electron chi connectivity index (χ1n) is 6.37. The van der Waals surface area contributed by atoms with Crippen molar-refractivity contribution in [2.75, 3.05) is 31.6 Å². The van der Waals surface area contributed by atoms with E-state index in [9.17, 15) is 0 Å². The molecule has 0 aromatic heterocycles. The molecule has 16 heavy (non-hydrogen) atoms. The van der Waals surface area contributed by atoms with Crippen molar-refractivity contribution in [3.63, 3.8) is 0 Å². The van der Waals surface area contributed by atoms with Gasteiger partial charge in [-0.15, -0.1) is 0 Å². The Labute approximate surface area is 98.7 Å². The molecule has 2 rings (SSSR count). The Hall–Kier alpha value is -1.02. The predicted octanol–water partition coefficient (Wildman–Crippen LogP) is 2.22. The van der Waals surface area contributed by atoms with Gasteiger partial charge >= 0.3 is 0 Å². The van der Waals surface area contributed by atoms with E-state index in [4.69, 9.17) is 0 Å². The monoisotopic (exact) mass is 218 g/mol. The van der Waals surface area contributed by atoms with Gasteiger partial charge in [0.25, 0.3) is 0 Å². The zero-order valence-electron chi connectivity index (χ0n) is 10.4. The molecular formula is C14H22N2. The van der Waals surface area contributed by atoms with Gasteiger partial charge in [0.2, 0.25) is 0 Å². The van der Waals surface area contributed by atoms with Crippen LogP contribution < -0.4 is 10.2 Å². The Kier molecular flexibility index (Phi) is 3.83. The van der Waals surface area contributed by atoms with E-state index in [0.29, 0.717) is 0 Å².